The van der Waals surface area contributed by atoms with Gasteiger partial charge < -0.3 is 20.4 Å². The first-order valence-electron chi connectivity index (χ1n) is 12.1. The van der Waals surface area contributed by atoms with Crippen LogP contribution in [0.15, 0.2) is 79.3 Å². The SMILES string of the molecule is Cc1cc(C(=O)Nc2cc(C(OCC3CC3)c3cccnc3)ccc2F)n(-c2cccc(CN)c2)c1. The Bertz CT molecular complexity index is 1360. The van der Waals surface area contributed by atoms with Gasteiger partial charge in [0.25, 0.3) is 5.91 Å². The molecule has 0 radical (unpaired) electrons. The quantitative estimate of drug-likeness (QED) is 0.327. The number of benzene rings is 2. The van der Waals surface area contributed by atoms with Crippen LogP contribution in [0.25, 0.3) is 5.69 Å². The second-order valence-electron chi connectivity index (χ2n) is 9.28. The Kier molecular flexibility index (Phi) is 6.93. The first-order valence-corrected chi connectivity index (χ1v) is 12.1. The third-order valence-corrected chi connectivity index (χ3v) is 6.34. The minimum absolute atomic E-state index is 0.0996. The summed E-state index contributed by atoms with van der Waals surface area (Å²) in [7, 11) is 0. The lowest BCUT2D eigenvalue weighted by atomic mass is 10.0. The average molecular weight is 485 g/mol. The number of carbonyl (C=O) groups is 1. The van der Waals surface area contributed by atoms with E-state index in [2.05, 4.69) is 10.3 Å². The van der Waals surface area contributed by atoms with Gasteiger partial charge in [0, 0.05) is 36.4 Å². The Balaban J connectivity index is 1.43. The van der Waals surface area contributed by atoms with Crippen molar-refractivity contribution < 1.29 is 13.9 Å². The average Bonchev–Trinajstić information content (AvgIpc) is 3.65. The molecule has 0 bridgehead atoms. The molecule has 0 saturated heterocycles. The van der Waals surface area contributed by atoms with Gasteiger partial charge in [0.2, 0.25) is 0 Å². The molecule has 2 heterocycles. The molecule has 0 spiro atoms. The summed E-state index contributed by atoms with van der Waals surface area (Å²) in [5, 5.41) is 2.77. The van der Waals surface area contributed by atoms with Gasteiger partial charge in [-0.15, -0.1) is 0 Å². The predicted octanol–water partition coefficient (Wildman–Crippen LogP) is 5.55. The molecule has 1 atom stereocenters. The van der Waals surface area contributed by atoms with E-state index in [1.165, 1.54) is 6.07 Å². The smallest absolute Gasteiger partial charge is 0.272 e. The molecule has 1 saturated carbocycles. The molecule has 1 aliphatic rings. The van der Waals surface area contributed by atoms with Gasteiger partial charge in [-0.25, -0.2) is 4.39 Å². The van der Waals surface area contributed by atoms with Crippen LogP contribution in [0.3, 0.4) is 0 Å². The summed E-state index contributed by atoms with van der Waals surface area (Å²) in [5.41, 5.74) is 10.6. The Labute approximate surface area is 209 Å². The lowest BCUT2D eigenvalue weighted by Crippen LogP contribution is -2.17. The molecule has 3 N–H and O–H groups in total. The van der Waals surface area contributed by atoms with Crippen LogP contribution >= 0.6 is 0 Å². The molecular weight excluding hydrogens is 455 g/mol. The fourth-order valence-corrected chi connectivity index (χ4v) is 4.24. The number of aromatic nitrogens is 2. The number of nitrogens with one attached hydrogen (secondary N) is 1. The van der Waals surface area contributed by atoms with Gasteiger partial charge in [-0.05, 0) is 78.8 Å². The van der Waals surface area contributed by atoms with Crippen LogP contribution in [-0.4, -0.2) is 22.1 Å². The van der Waals surface area contributed by atoms with Crippen LogP contribution < -0.4 is 11.1 Å². The summed E-state index contributed by atoms with van der Waals surface area (Å²) in [6.07, 6.45) is 7.26. The molecule has 5 rings (SSSR count). The number of rotatable bonds is 9. The first kappa shape index (κ1) is 23.9. The number of halogens is 1. The minimum Gasteiger partial charge on any atom is -0.368 e. The zero-order valence-electron chi connectivity index (χ0n) is 20.2. The Hall–Kier alpha value is -3.81. The zero-order chi connectivity index (χ0) is 25.1. The van der Waals surface area contributed by atoms with Crippen molar-refractivity contribution in [2.45, 2.75) is 32.4 Å². The highest BCUT2D eigenvalue weighted by molar-refractivity contribution is 6.04. The van der Waals surface area contributed by atoms with Crippen LogP contribution in [0.1, 0.15) is 51.7 Å². The lowest BCUT2D eigenvalue weighted by molar-refractivity contribution is 0.0716. The van der Waals surface area contributed by atoms with E-state index in [4.69, 9.17) is 10.5 Å². The fourth-order valence-electron chi connectivity index (χ4n) is 4.24. The molecule has 1 amide bonds. The van der Waals surface area contributed by atoms with Crippen LogP contribution in [0.5, 0.6) is 0 Å². The highest BCUT2D eigenvalue weighted by atomic mass is 19.1. The van der Waals surface area contributed by atoms with Gasteiger partial charge in [0.05, 0.1) is 12.3 Å². The van der Waals surface area contributed by atoms with Crippen molar-refractivity contribution in [3.05, 3.63) is 113 Å². The zero-order valence-corrected chi connectivity index (χ0v) is 20.2. The third-order valence-electron chi connectivity index (χ3n) is 6.34. The molecule has 2 aromatic carbocycles. The summed E-state index contributed by atoms with van der Waals surface area (Å²) in [5.74, 6) is -0.356. The molecule has 0 aliphatic heterocycles. The Morgan fingerprint density at radius 1 is 1.17 bits per heavy atom. The largest absolute Gasteiger partial charge is 0.368 e. The van der Waals surface area contributed by atoms with Crippen molar-refractivity contribution in [2.75, 3.05) is 11.9 Å². The molecule has 1 aliphatic carbocycles. The van der Waals surface area contributed by atoms with Gasteiger partial charge in [-0.1, -0.05) is 24.3 Å². The number of nitrogens with two attached hydrogens (primary N) is 1. The van der Waals surface area contributed by atoms with Crippen LogP contribution in [0, 0.1) is 18.7 Å². The molecule has 4 aromatic rings. The topological polar surface area (TPSA) is 82.2 Å². The highest BCUT2D eigenvalue weighted by Crippen LogP contribution is 2.34. The second kappa shape index (κ2) is 10.4. The van der Waals surface area contributed by atoms with Crippen molar-refractivity contribution in [3.63, 3.8) is 0 Å². The number of hydrogen-bond donors (Lipinski definition) is 2. The van der Waals surface area contributed by atoms with Gasteiger partial charge in [-0.3, -0.25) is 9.78 Å². The standard InChI is InChI=1S/C29H29FN4O2/c1-19-12-27(34(17-19)24-6-2-4-21(13-24)15-31)29(35)33-26-14-22(9-10-25(26)30)28(36-18-20-7-8-20)23-5-3-11-32-16-23/h2-6,9-14,16-17,20,28H,7-8,15,18,31H2,1H3,(H,33,35). The molecule has 6 nitrogen and oxygen atoms in total. The number of anilines is 1. The molecular formula is C29H29FN4O2. The Morgan fingerprint density at radius 3 is 2.78 bits per heavy atom. The summed E-state index contributed by atoms with van der Waals surface area (Å²) in [6, 6.07) is 18.0. The van der Waals surface area contributed by atoms with E-state index in [1.54, 1.807) is 35.2 Å². The van der Waals surface area contributed by atoms with E-state index >= 15 is 0 Å². The summed E-state index contributed by atoms with van der Waals surface area (Å²) in [4.78, 5) is 17.6. The van der Waals surface area contributed by atoms with E-state index in [0.717, 1.165) is 40.8 Å². The second-order valence-corrected chi connectivity index (χ2v) is 9.28. The molecule has 184 valence electrons. The van der Waals surface area contributed by atoms with Crippen molar-refractivity contribution in [1.82, 2.24) is 9.55 Å². The maximum absolute atomic E-state index is 14.9. The summed E-state index contributed by atoms with van der Waals surface area (Å²) >= 11 is 0. The number of aryl methyl sites for hydroxylation is 1. The monoisotopic (exact) mass is 484 g/mol. The molecule has 1 fully saturated rings. The van der Waals surface area contributed by atoms with E-state index in [1.807, 2.05) is 49.5 Å². The maximum atomic E-state index is 14.9. The van der Waals surface area contributed by atoms with Crippen LogP contribution in [0.2, 0.25) is 0 Å². The minimum atomic E-state index is -0.515. The van der Waals surface area contributed by atoms with Gasteiger partial charge in [0.15, 0.2) is 0 Å². The molecule has 36 heavy (non-hydrogen) atoms. The molecule has 7 heteroatoms. The van der Waals surface area contributed by atoms with Crippen LogP contribution in [-0.2, 0) is 11.3 Å². The number of pyridine rings is 1. The molecule has 1 unspecified atom stereocenters. The van der Waals surface area contributed by atoms with Gasteiger partial charge >= 0.3 is 0 Å². The predicted molar refractivity (Wildman–Crippen MR) is 138 cm³/mol. The summed E-state index contributed by atoms with van der Waals surface area (Å²) in [6.45, 7) is 2.94. The number of hydrogen-bond acceptors (Lipinski definition) is 4. The van der Waals surface area contributed by atoms with Crippen molar-refractivity contribution in [3.8, 4) is 5.69 Å². The van der Waals surface area contributed by atoms with E-state index in [9.17, 15) is 9.18 Å². The summed E-state index contributed by atoms with van der Waals surface area (Å²) < 4.78 is 22.9. The van der Waals surface area contributed by atoms with E-state index in [0.29, 0.717) is 24.8 Å². The number of carbonyl (C=O) groups excluding carboxylic acids is 1. The van der Waals surface area contributed by atoms with Gasteiger partial charge in [-0.2, -0.15) is 0 Å². The Morgan fingerprint density at radius 2 is 2.03 bits per heavy atom. The van der Waals surface area contributed by atoms with Crippen LogP contribution in [0.4, 0.5) is 10.1 Å². The van der Waals surface area contributed by atoms with Crippen molar-refractivity contribution in [1.29, 1.82) is 0 Å². The van der Waals surface area contributed by atoms with Crippen molar-refractivity contribution >= 4 is 11.6 Å². The third kappa shape index (κ3) is 5.37. The van der Waals surface area contributed by atoms with Gasteiger partial charge in [0.1, 0.15) is 17.6 Å². The normalized spacial score (nSPS) is 14.0. The fraction of sp³-hybridized carbons (Fsp3) is 0.241. The van der Waals surface area contributed by atoms with E-state index < -0.39 is 17.8 Å². The van der Waals surface area contributed by atoms with E-state index in [-0.39, 0.29) is 5.69 Å². The number of nitrogens with zero attached hydrogens (tertiary/aromatic N) is 2. The first-order chi connectivity index (χ1) is 17.5. The van der Waals surface area contributed by atoms with Crippen molar-refractivity contribution in [2.24, 2.45) is 11.7 Å². The number of ether oxygens (including phenoxy) is 1. The molecule has 2 aromatic heterocycles. The lowest BCUT2D eigenvalue weighted by Gasteiger charge is -2.20. The number of amides is 1. The maximum Gasteiger partial charge on any atom is 0.272 e. The highest BCUT2D eigenvalue weighted by Gasteiger charge is 2.25.